The lowest BCUT2D eigenvalue weighted by Crippen LogP contribution is -2.30. The summed E-state index contributed by atoms with van der Waals surface area (Å²) in [4.78, 5) is 21.9. The molecule has 2 aromatic carbocycles. The van der Waals surface area contributed by atoms with E-state index in [-0.39, 0.29) is 18.1 Å². The lowest BCUT2D eigenvalue weighted by Gasteiger charge is -2.07. The fourth-order valence-corrected chi connectivity index (χ4v) is 3.41. The highest BCUT2D eigenvalue weighted by atomic mass is 19.4. The first kappa shape index (κ1) is 25.8. The maximum atomic E-state index is 13.1. The van der Waals surface area contributed by atoms with Gasteiger partial charge in [0.05, 0.1) is 6.54 Å². The van der Waals surface area contributed by atoms with E-state index in [1.807, 2.05) is 32.0 Å². The Morgan fingerprint density at radius 3 is 2.49 bits per heavy atom. The van der Waals surface area contributed by atoms with Crippen LogP contribution >= 0.6 is 0 Å². The molecule has 2 aromatic heterocycles. The predicted molar refractivity (Wildman–Crippen MR) is 125 cm³/mol. The van der Waals surface area contributed by atoms with Gasteiger partial charge in [0, 0.05) is 35.1 Å². The number of alkyl halides is 3. The van der Waals surface area contributed by atoms with Crippen molar-refractivity contribution in [3.63, 3.8) is 0 Å². The van der Waals surface area contributed by atoms with E-state index in [0.717, 1.165) is 27.8 Å². The van der Waals surface area contributed by atoms with E-state index in [2.05, 4.69) is 20.3 Å². The van der Waals surface area contributed by atoms with Gasteiger partial charge in [-0.3, -0.25) is 4.98 Å². The van der Waals surface area contributed by atoms with Crippen LogP contribution in [0.2, 0.25) is 0 Å². The number of carboxylic acid groups (broad SMARTS) is 1. The van der Waals surface area contributed by atoms with E-state index in [9.17, 15) is 22.4 Å². The number of carbonyl (C=O) groups is 1. The fourth-order valence-electron chi connectivity index (χ4n) is 3.41. The number of aromatic amines is 1. The van der Waals surface area contributed by atoms with Crippen LogP contribution in [-0.4, -0.2) is 45.3 Å². The van der Waals surface area contributed by atoms with Gasteiger partial charge in [-0.1, -0.05) is 12.1 Å². The molecule has 0 bridgehead atoms. The van der Waals surface area contributed by atoms with Crippen LogP contribution in [0.15, 0.2) is 55.0 Å². The third-order valence-corrected chi connectivity index (χ3v) is 5.31. The van der Waals surface area contributed by atoms with Crippen molar-refractivity contribution in [1.29, 1.82) is 0 Å². The topological polar surface area (TPSA) is 90.9 Å². The lowest BCUT2D eigenvalue weighted by molar-refractivity contribution is -0.124. The minimum atomic E-state index is -4.20. The normalized spacial score (nSPS) is 11.3. The number of rotatable bonds is 6. The zero-order valence-corrected chi connectivity index (χ0v) is 19.1. The quantitative estimate of drug-likeness (QED) is 0.248. The monoisotopic (exact) mass is 488 g/mol. The summed E-state index contributed by atoms with van der Waals surface area (Å²) in [6.45, 7) is 3.18. The van der Waals surface area contributed by atoms with Crippen LogP contribution in [0.3, 0.4) is 0 Å². The zero-order valence-electron chi connectivity index (χ0n) is 19.1. The van der Waals surface area contributed by atoms with Crippen molar-refractivity contribution in [1.82, 2.24) is 20.3 Å². The van der Waals surface area contributed by atoms with Crippen molar-refractivity contribution < 1.29 is 27.5 Å². The number of halogens is 4. The smallest absolute Gasteiger partial charge is 0.401 e. The van der Waals surface area contributed by atoms with Gasteiger partial charge >= 0.3 is 12.1 Å². The molecule has 0 saturated carbocycles. The molecular weight excluding hydrogens is 464 g/mol. The summed E-state index contributed by atoms with van der Waals surface area (Å²) in [5, 5.41) is 12.1. The van der Waals surface area contributed by atoms with E-state index >= 15 is 0 Å². The number of nitrogens with one attached hydrogen (secondary N) is 2. The molecule has 6 nitrogen and oxygen atoms in total. The molecule has 0 radical (unpaired) electrons. The van der Waals surface area contributed by atoms with Crippen LogP contribution < -0.4 is 5.32 Å². The Hall–Kier alpha value is -3.79. The summed E-state index contributed by atoms with van der Waals surface area (Å²) in [6, 6.07) is 10.1. The van der Waals surface area contributed by atoms with Crippen LogP contribution in [0.25, 0.3) is 22.2 Å². The van der Waals surface area contributed by atoms with Crippen molar-refractivity contribution in [2.75, 3.05) is 13.1 Å². The number of aryl methyl sites for hydroxylation is 2. The largest absolute Gasteiger partial charge is 0.476 e. The second kappa shape index (κ2) is 11.1. The highest BCUT2D eigenvalue weighted by molar-refractivity contribution is 5.92. The van der Waals surface area contributed by atoms with E-state index in [4.69, 9.17) is 5.11 Å². The third-order valence-electron chi connectivity index (χ3n) is 5.31. The number of aromatic carboxylic acids is 1. The number of carboxylic acids is 1. The number of H-pyrrole nitrogens is 1. The molecule has 0 fully saturated rings. The molecule has 0 aliphatic carbocycles. The van der Waals surface area contributed by atoms with Gasteiger partial charge in [0.15, 0.2) is 5.69 Å². The lowest BCUT2D eigenvalue weighted by atomic mass is 10.0. The van der Waals surface area contributed by atoms with Crippen molar-refractivity contribution in [2.45, 2.75) is 26.4 Å². The Kier molecular flexibility index (Phi) is 8.18. The van der Waals surface area contributed by atoms with Crippen LogP contribution in [-0.2, 0) is 6.42 Å². The summed E-state index contributed by atoms with van der Waals surface area (Å²) in [6.07, 6.45) is 0.788. The predicted octanol–water partition coefficient (Wildman–Crippen LogP) is 5.46. The number of benzene rings is 2. The molecule has 0 spiro atoms. The molecule has 10 heteroatoms. The Balaban J connectivity index is 0.000000196. The van der Waals surface area contributed by atoms with Crippen molar-refractivity contribution in [3.8, 4) is 11.3 Å². The molecule has 0 atom stereocenters. The Morgan fingerprint density at radius 1 is 1.06 bits per heavy atom. The molecule has 0 unspecified atom stereocenters. The fraction of sp³-hybridized carbons (Fsp3) is 0.240. The second-order valence-corrected chi connectivity index (χ2v) is 7.90. The third kappa shape index (κ3) is 7.10. The minimum Gasteiger partial charge on any atom is -0.476 e. The first-order valence-electron chi connectivity index (χ1n) is 10.7. The van der Waals surface area contributed by atoms with Crippen molar-refractivity contribution in [2.24, 2.45) is 0 Å². The second-order valence-electron chi connectivity index (χ2n) is 7.90. The molecule has 3 N–H and O–H groups in total. The summed E-state index contributed by atoms with van der Waals surface area (Å²) >= 11 is 0. The standard InChI is InChI=1S/C13H12N2O2.C12H12F4N2/c1-8-3-4-10(7-9(8)2)11-12(13(16)17)15-6-5-14-11;13-9-1-2-11-10(5-9)8(6-18-11)3-4-17-7-12(14,15)16/h3-7H,1-2H3,(H,16,17);1-2,5-6,17-18H,3-4,7H2. The molecule has 0 aliphatic heterocycles. The summed E-state index contributed by atoms with van der Waals surface area (Å²) in [7, 11) is 0. The van der Waals surface area contributed by atoms with Crippen LogP contribution in [0.5, 0.6) is 0 Å². The molecular formula is C25H24F4N4O2. The first-order valence-corrected chi connectivity index (χ1v) is 10.7. The maximum absolute atomic E-state index is 13.1. The van der Waals surface area contributed by atoms with Gasteiger partial charge < -0.3 is 15.4 Å². The van der Waals surface area contributed by atoms with Crippen molar-refractivity contribution in [3.05, 3.63) is 83.2 Å². The van der Waals surface area contributed by atoms with Gasteiger partial charge in [0.1, 0.15) is 11.5 Å². The van der Waals surface area contributed by atoms with Gasteiger partial charge in [-0.05, 0) is 67.8 Å². The van der Waals surface area contributed by atoms with Crippen LogP contribution in [0.1, 0.15) is 27.2 Å². The summed E-state index contributed by atoms with van der Waals surface area (Å²) < 4.78 is 48.8. The van der Waals surface area contributed by atoms with Crippen LogP contribution in [0.4, 0.5) is 17.6 Å². The molecule has 4 aromatic rings. The molecule has 184 valence electrons. The number of aromatic nitrogens is 3. The first-order chi connectivity index (χ1) is 16.5. The van der Waals surface area contributed by atoms with Gasteiger partial charge in [0.2, 0.25) is 0 Å². The number of hydrogen-bond acceptors (Lipinski definition) is 4. The average Bonchev–Trinajstić information content (AvgIpc) is 3.20. The Bertz CT molecular complexity index is 1320. The van der Waals surface area contributed by atoms with Gasteiger partial charge in [-0.15, -0.1) is 0 Å². The number of hydrogen-bond donors (Lipinski definition) is 3. The molecule has 0 saturated heterocycles. The molecule has 4 rings (SSSR count). The number of nitrogens with zero attached hydrogens (tertiary/aromatic N) is 2. The zero-order chi connectivity index (χ0) is 25.6. The van der Waals surface area contributed by atoms with E-state index < -0.39 is 18.7 Å². The van der Waals surface area contributed by atoms with Crippen LogP contribution in [0, 0.1) is 19.7 Å². The highest BCUT2D eigenvalue weighted by Crippen LogP contribution is 2.22. The molecule has 2 heterocycles. The van der Waals surface area contributed by atoms with Gasteiger partial charge in [-0.2, -0.15) is 13.2 Å². The Labute approximate surface area is 199 Å². The van der Waals surface area contributed by atoms with Gasteiger partial charge in [0.25, 0.3) is 0 Å². The molecule has 0 aliphatic rings. The van der Waals surface area contributed by atoms with E-state index in [1.54, 1.807) is 12.3 Å². The number of fused-ring (bicyclic) bond motifs is 1. The van der Waals surface area contributed by atoms with Gasteiger partial charge in [-0.25, -0.2) is 14.2 Å². The molecule has 35 heavy (non-hydrogen) atoms. The van der Waals surface area contributed by atoms with E-state index in [0.29, 0.717) is 17.5 Å². The minimum absolute atomic E-state index is 0.0178. The highest BCUT2D eigenvalue weighted by Gasteiger charge is 2.26. The SMILES string of the molecule is Cc1ccc(-c2nccnc2C(=O)O)cc1C.Fc1ccc2[nH]cc(CCNCC(F)(F)F)c2c1. The average molecular weight is 488 g/mol. The Morgan fingerprint density at radius 2 is 1.80 bits per heavy atom. The summed E-state index contributed by atoms with van der Waals surface area (Å²) in [5.41, 5.74) is 5.01. The molecule has 0 amide bonds. The van der Waals surface area contributed by atoms with E-state index in [1.165, 1.54) is 24.5 Å². The summed E-state index contributed by atoms with van der Waals surface area (Å²) in [5.74, 6) is -1.42. The maximum Gasteiger partial charge on any atom is 0.401 e. The van der Waals surface area contributed by atoms with Crippen molar-refractivity contribution >= 4 is 16.9 Å².